The minimum Gasteiger partial charge on any atom is -0.494 e. The third kappa shape index (κ3) is 3.79. The van der Waals surface area contributed by atoms with Gasteiger partial charge in [-0.15, -0.1) is 11.3 Å². The van der Waals surface area contributed by atoms with Gasteiger partial charge in [-0.05, 0) is 74.8 Å². The smallest absolute Gasteiger partial charge is 0.267 e. The number of benzene rings is 1. The van der Waals surface area contributed by atoms with Crippen LogP contribution in [0.3, 0.4) is 0 Å². The van der Waals surface area contributed by atoms with Crippen molar-refractivity contribution in [2.24, 2.45) is 5.92 Å². The van der Waals surface area contributed by atoms with Gasteiger partial charge in [0.25, 0.3) is 5.56 Å². The van der Waals surface area contributed by atoms with Crippen molar-refractivity contribution in [3.05, 3.63) is 45.1 Å². The Hall–Kier alpha value is -1.83. The highest BCUT2D eigenvalue weighted by molar-refractivity contribution is 7.99. The van der Waals surface area contributed by atoms with E-state index >= 15 is 0 Å². The molecule has 3 heterocycles. The molecule has 0 amide bonds. The number of ether oxygens (including phenoxy) is 2. The van der Waals surface area contributed by atoms with Gasteiger partial charge in [-0.1, -0.05) is 11.8 Å². The van der Waals surface area contributed by atoms with Gasteiger partial charge in [0, 0.05) is 17.2 Å². The molecule has 1 aromatic carbocycles. The second-order valence-corrected chi connectivity index (χ2v) is 9.96. The van der Waals surface area contributed by atoms with Crippen molar-refractivity contribution >= 4 is 33.3 Å². The number of hydrogen-bond acceptors (Lipinski definition) is 6. The highest BCUT2D eigenvalue weighted by atomic mass is 32.2. The summed E-state index contributed by atoms with van der Waals surface area (Å²) < 4.78 is 12.9. The summed E-state index contributed by atoms with van der Waals surface area (Å²) in [5.41, 5.74) is 2.15. The van der Waals surface area contributed by atoms with Crippen LogP contribution in [0.15, 0.2) is 34.2 Å². The van der Waals surface area contributed by atoms with E-state index < -0.39 is 0 Å². The minimum absolute atomic E-state index is 0.0636. The van der Waals surface area contributed by atoms with Crippen LogP contribution in [0.25, 0.3) is 15.9 Å². The van der Waals surface area contributed by atoms with E-state index in [-0.39, 0.29) is 5.56 Å². The van der Waals surface area contributed by atoms with Gasteiger partial charge in [-0.3, -0.25) is 9.36 Å². The van der Waals surface area contributed by atoms with Crippen molar-refractivity contribution in [2.75, 3.05) is 25.6 Å². The quantitative estimate of drug-likeness (QED) is 0.403. The van der Waals surface area contributed by atoms with Crippen LogP contribution < -0.4 is 10.3 Å². The molecule has 0 spiro atoms. The number of aromatic nitrogens is 2. The Morgan fingerprint density at radius 3 is 2.87 bits per heavy atom. The maximum absolute atomic E-state index is 13.7. The molecule has 0 saturated carbocycles. The SMILES string of the molecule is CCOc1ccc(-n2c(SCC3CCOC3)nc3sc4c(c3c2=O)CCCC4)cc1. The van der Waals surface area contributed by atoms with E-state index in [1.54, 1.807) is 27.7 Å². The van der Waals surface area contributed by atoms with E-state index in [9.17, 15) is 4.79 Å². The lowest BCUT2D eigenvalue weighted by atomic mass is 9.97. The van der Waals surface area contributed by atoms with Crippen molar-refractivity contribution in [3.8, 4) is 11.4 Å². The van der Waals surface area contributed by atoms with Crippen LogP contribution >= 0.6 is 23.1 Å². The Kier molecular flexibility index (Phi) is 5.85. The lowest BCUT2D eigenvalue weighted by Gasteiger charge is -2.15. The van der Waals surface area contributed by atoms with Crippen LogP contribution in [0.4, 0.5) is 0 Å². The molecule has 3 aromatic rings. The van der Waals surface area contributed by atoms with Gasteiger partial charge < -0.3 is 9.47 Å². The molecule has 30 heavy (non-hydrogen) atoms. The molecular formula is C23H26N2O3S2. The third-order valence-corrected chi connectivity index (χ3v) is 8.19. The number of fused-ring (bicyclic) bond motifs is 3. The number of hydrogen-bond donors (Lipinski definition) is 0. The van der Waals surface area contributed by atoms with E-state index in [0.29, 0.717) is 12.5 Å². The second kappa shape index (κ2) is 8.73. The normalized spacial score (nSPS) is 18.6. The van der Waals surface area contributed by atoms with Gasteiger partial charge in [-0.25, -0.2) is 4.98 Å². The van der Waals surface area contributed by atoms with E-state index in [4.69, 9.17) is 14.5 Å². The van der Waals surface area contributed by atoms with Crippen molar-refractivity contribution in [3.63, 3.8) is 0 Å². The summed E-state index contributed by atoms with van der Waals surface area (Å²) in [6.45, 7) is 4.23. The Balaban J connectivity index is 1.61. The van der Waals surface area contributed by atoms with Gasteiger partial charge >= 0.3 is 0 Å². The van der Waals surface area contributed by atoms with Crippen molar-refractivity contribution < 1.29 is 9.47 Å². The maximum Gasteiger partial charge on any atom is 0.267 e. The van der Waals surface area contributed by atoms with Crippen LogP contribution in [-0.2, 0) is 17.6 Å². The Morgan fingerprint density at radius 2 is 2.10 bits per heavy atom. The standard InChI is InChI=1S/C23H26N2O3S2/c1-2-28-17-9-7-16(8-10-17)25-22(26)20-18-5-3-4-6-19(18)30-21(20)24-23(25)29-14-15-11-12-27-13-15/h7-10,15H,2-6,11-14H2,1H3. The van der Waals surface area contributed by atoms with E-state index in [0.717, 1.165) is 71.5 Å². The minimum atomic E-state index is 0.0636. The molecule has 0 radical (unpaired) electrons. The summed E-state index contributed by atoms with van der Waals surface area (Å²) in [5.74, 6) is 2.25. The zero-order chi connectivity index (χ0) is 20.5. The van der Waals surface area contributed by atoms with Crippen LogP contribution in [0, 0.1) is 5.92 Å². The Morgan fingerprint density at radius 1 is 1.27 bits per heavy atom. The van der Waals surface area contributed by atoms with E-state index in [1.807, 2.05) is 31.2 Å². The topological polar surface area (TPSA) is 53.4 Å². The van der Waals surface area contributed by atoms with Crippen LogP contribution in [0.1, 0.15) is 36.6 Å². The number of thioether (sulfide) groups is 1. The summed E-state index contributed by atoms with van der Waals surface area (Å²) in [7, 11) is 0. The molecule has 2 aromatic heterocycles. The first-order chi connectivity index (χ1) is 14.7. The monoisotopic (exact) mass is 442 g/mol. The molecule has 5 nitrogen and oxygen atoms in total. The average Bonchev–Trinajstić information content (AvgIpc) is 3.41. The molecular weight excluding hydrogens is 416 g/mol. The lowest BCUT2D eigenvalue weighted by Crippen LogP contribution is -2.22. The molecule has 1 atom stereocenters. The first-order valence-electron chi connectivity index (χ1n) is 10.8. The molecule has 1 aliphatic heterocycles. The Labute approximate surface area is 184 Å². The van der Waals surface area contributed by atoms with Gasteiger partial charge in [0.05, 0.1) is 24.3 Å². The molecule has 7 heteroatoms. The fourth-order valence-corrected chi connectivity index (χ4v) is 6.71. The fourth-order valence-electron chi connectivity index (χ4n) is 4.28. The molecule has 1 unspecified atom stereocenters. The highest BCUT2D eigenvalue weighted by Crippen LogP contribution is 2.35. The van der Waals surface area contributed by atoms with Gasteiger partial charge in [-0.2, -0.15) is 0 Å². The molecule has 1 fully saturated rings. The summed E-state index contributed by atoms with van der Waals surface area (Å²) in [6.07, 6.45) is 5.49. The van der Waals surface area contributed by atoms with Crippen LogP contribution in [-0.4, -0.2) is 35.1 Å². The highest BCUT2D eigenvalue weighted by Gasteiger charge is 2.24. The number of nitrogens with zero attached hydrogens (tertiary/aromatic N) is 2. The molecule has 158 valence electrons. The van der Waals surface area contributed by atoms with Crippen LogP contribution in [0.5, 0.6) is 5.75 Å². The molecule has 0 N–H and O–H groups in total. The summed E-state index contributed by atoms with van der Waals surface area (Å²) in [6, 6.07) is 7.78. The average molecular weight is 443 g/mol. The summed E-state index contributed by atoms with van der Waals surface area (Å²) in [4.78, 5) is 21.0. The van der Waals surface area contributed by atoms with Crippen molar-refractivity contribution in [2.45, 2.75) is 44.2 Å². The maximum atomic E-state index is 13.7. The largest absolute Gasteiger partial charge is 0.494 e. The van der Waals surface area contributed by atoms with Crippen molar-refractivity contribution in [1.82, 2.24) is 9.55 Å². The van der Waals surface area contributed by atoms with Gasteiger partial charge in [0.2, 0.25) is 0 Å². The third-order valence-electron chi connectivity index (χ3n) is 5.84. The first-order valence-corrected chi connectivity index (χ1v) is 12.6. The fraction of sp³-hybridized carbons (Fsp3) is 0.478. The lowest BCUT2D eigenvalue weighted by molar-refractivity contribution is 0.189. The molecule has 1 aliphatic carbocycles. The second-order valence-electron chi connectivity index (χ2n) is 7.89. The zero-order valence-electron chi connectivity index (χ0n) is 17.2. The number of aryl methyl sites for hydroxylation is 2. The first kappa shape index (κ1) is 20.1. The Bertz CT molecular complexity index is 1100. The summed E-state index contributed by atoms with van der Waals surface area (Å²) in [5, 5.41) is 1.61. The number of rotatable bonds is 6. The number of thiophene rings is 1. The summed E-state index contributed by atoms with van der Waals surface area (Å²) >= 11 is 3.39. The van der Waals surface area contributed by atoms with E-state index in [2.05, 4.69) is 0 Å². The molecule has 1 saturated heterocycles. The predicted octanol–water partition coefficient (Wildman–Crippen LogP) is 4.85. The van der Waals surface area contributed by atoms with Gasteiger partial charge in [0.1, 0.15) is 10.6 Å². The zero-order valence-corrected chi connectivity index (χ0v) is 18.8. The predicted molar refractivity (Wildman–Crippen MR) is 123 cm³/mol. The van der Waals surface area contributed by atoms with E-state index in [1.165, 1.54) is 16.9 Å². The molecule has 0 bridgehead atoms. The van der Waals surface area contributed by atoms with Crippen molar-refractivity contribution in [1.29, 1.82) is 0 Å². The molecule has 2 aliphatic rings. The molecule has 5 rings (SSSR count). The van der Waals surface area contributed by atoms with Gasteiger partial charge in [0.15, 0.2) is 5.16 Å². The van der Waals surface area contributed by atoms with Crippen LogP contribution in [0.2, 0.25) is 0 Å².